The third kappa shape index (κ3) is 3.04. The number of carbonyl (C=O) groups is 1. The van der Waals surface area contributed by atoms with Crippen molar-refractivity contribution in [3.05, 3.63) is 94.0 Å². The van der Waals surface area contributed by atoms with E-state index in [1.807, 2.05) is 0 Å². The third-order valence-corrected chi connectivity index (χ3v) is 5.26. The quantitative estimate of drug-likeness (QED) is 0.565. The highest BCUT2D eigenvalue weighted by molar-refractivity contribution is 5.99. The number of carbonyl (C=O) groups excluding carboxylic acids is 1. The number of hydrogen-bond donors (Lipinski definition) is 1. The van der Waals surface area contributed by atoms with Crippen molar-refractivity contribution in [2.75, 3.05) is 5.32 Å². The summed E-state index contributed by atoms with van der Waals surface area (Å²) in [7, 11) is 0. The van der Waals surface area contributed by atoms with Crippen molar-refractivity contribution in [1.29, 1.82) is 0 Å². The molecule has 0 spiro atoms. The molecule has 7 heteroatoms. The Balaban J connectivity index is 1.51. The van der Waals surface area contributed by atoms with E-state index >= 15 is 0 Å². The fourth-order valence-electron chi connectivity index (χ4n) is 3.72. The molecule has 5 rings (SSSR count). The largest absolute Gasteiger partial charge is 0.326 e. The molecule has 0 aliphatic carbocycles. The molecule has 5 nitrogen and oxygen atoms in total. The molecule has 0 bridgehead atoms. The van der Waals surface area contributed by atoms with Crippen LogP contribution < -0.4 is 10.9 Å². The summed E-state index contributed by atoms with van der Waals surface area (Å²) >= 11 is 0. The molecule has 4 aromatic rings. The van der Waals surface area contributed by atoms with Crippen molar-refractivity contribution in [1.82, 2.24) is 9.55 Å². The van der Waals surface area contributed by atoms with Gasteiger partial charge in [0, 0.05) is 11.3 Å². The smallest absolute Gasteiger partial charge is 0.261 e. The second-order valence-electron chi connectivity index (χ2n) is 7.21. The first-order valence-electron chi connectivity index (χ1n) is 9.35. The molecule has 0 unspecified atom stereocenters. The van der Waals surface area contributed by atoms with Gasteiger partial charge in [0.05, 0.1) is 30.2 Å². The van der Waals surface area contributed by atoms with Crippen molar-refractivity contribution in [2.24, 2.45) is 0 Å². The summed E-state index contributed by atoms with van der Waals surface area (Å²) in [5.41, 5.74) is 2.43. The van der Waals surface area contributed by atoms with Crippen LogP contribution in [-0.2, 0) is 17.8 Å². The number of aromatic nitrogens is 2. The minimum absolute atomic E-state index is 0.107. The lowest BCUT2D eigenvalue weighted by molar-refractivity contribution is -0.115. The molecule has 1 N–H and O–H groups in total. The number of anilines is 1. The van der Waals surface area contributed by atoms with Gasteiger partial charge in [-0.15, -0.1) is 0 Å². The van der Waals surface area contributed by atoms with Crippen molar-refractivity contribution in [2.45, 2.75) is 13.0 Å². The molecule has 148 valence electrons. The van der Waals surface area contributed by atoms with Gasteiger partial charge in [-0.25, -0.2) is 13.8 Å². The minimum atomic E-state index is -0.750. The maximum Gasteiger partial charge on any atom is 0.261 e. The second kappa shape index (κ2) is 6.88. The average Bonchev–Trinajstić information content (AvgIpc) is 3.11. The molecule has 0 atom stereocenters. The van der Waals surface area contributed by atoms with Gasteiger partial charge in [0.1, 0.15) is 11.6 Å². The average molecular weight is 403 g/mol. The van der Waals surface area contributed by atoms with Crippen LogP contribution in [0.15, 0.2) is 65.7 Å². The molecule has 1 aliphatic rings. The molecule has 2 heterocycles. The molecule has 0 saturated heterocycles. The van der Waals surface area contributed by atoms with Crippen LogP contribution in [0.5, 0.6) is 0 Å². The van der Waals surface area contributed by atoms with Crippen LogP contribution in [0.25, 0.3) is 22.0 Å². The zero-order chi connectivity index (χ0) is 20.8. The second-order valence-corrected chi connectivity index (χ2v) is 7.21. The molecule has 3 aromatic carbocycles. The van der Waals surface area contributed by atoms with Crippen LogP contribution >= 0.6 is 0 Å². The Morgan fingerprint density at radius 1 is 0.967 bits per heavy atom. The summed E-state index contributed by atoms with van der Waals surface area (Å²) in [6, 6.07) is 14.5. The Morgan fingerprint density at radius 3 is 2.53 bits per heavy atom. The van der Waals surface area contributed by atoms with E-state index in [1.54, 1.807) is 42.5 Å². The van der Waals surface area contributed by atoms with Gasteiger partial charge in [-0.2, -0.15) is 0 Å². The number of nitrogens with one attached hydrogen (secondary N) is 1. The molecule has 0 fully saturated rings. The number of para-hydroxylation sites is 1. The van der Waals surface area contributed by atoms with E-state index in [0.717, 1.165) is 5.56 Å². The van der Waals surface area contributed by atoms with Crippen LogP contribution in [-0.4, -0.2) is 15.5 Å². The number of rotatable bonds is 3. The highest BCUT2D eigenvalue weighted by Gasteiger charge is 2.19. The van der Waals surface area contributed by atoms with Crippen molar-refractivity contribution in [3.63, 3.8) is 0 Å². The molecular weight excluding hydrogens is 388 g/mol. The highest BCUT2D eigenvalue weighted by Crippen LogP contribution is 2.31. The van der Waals surface area contributed by atoms with E-state index in [-0.39, 0.29) is 30.0 Å². The molecule has 1 aliphatic heterocycles. The van der Waals surface area contributed by atoms with E-state index in [0.29, 0.717) is 27.7 Å². The Labute approximate surface area is 169 Å². The third-order valence-electron chi connectivity index (χ3n) is 5.26. The summed E-state index contributed by atoms with van der Waals surface area (Å²) in [4.78, 5) is 28.3. The van der Waals surface area contributed by atoms with Crippen LogP contribution in [0, 0.1) is 11.6 Å². The van der Waals surface area contributed by atoms with Gasteiger partial charge in [0.25, 0.3) is 5.56 Å². The number of fused-ring (bicyclic) bond motifs is 2. The highest BCUT2D eigenvalue weighted by atomic mass is 19.1. The fourth-order valence-corrected chi connectivity index (χ4v) is 3.72. The summed E-state index contributed by atoms with van der Waals surface area (Å²) in [5.74, 6) is -1.61. The van der Waals surface area contributed by atoms with Gasteiger partial charge in [-0.3, -0.25) is 14.2 Å². The van der Waals surface area contributed by atoms with Gasteiger partial charge in [0.15, 0.2) is 0 Å². The number of amides is 1. The van der Waals surface area contributed by atoms with Crippen molar-refractivity contribution >= 4 is 22.5 Å². The lowest BCUT2D eigenvalue weighted by Crippen LogP contribution is -2.22. The van der Waals surface area contributed by atoms with E-state index in [1.165, 1.54) is 23.0 Å². The number of halogens is 2. The zero-order valence-electron chi connectivity index (χ0n) is 15.7. The van der Waals surface area contributed by atoms with Crippen LogP contribution in [0.3, 0.4) is 0 Å². The van der Waals surface area contributed by atoms with E-state index in [4.69, 9.17) is 0 Å². The Kier molecular flexibility index (Phi) is 4.17. The first-order valence-corrected chi connectivity index (χ1v) is 9.35. The Morgan fingerprint density at radius 2 is 1.73 bits per heavy atom. The fraction of sp³-hybridized carbons (Fsp3) is 0.0870. The summed E-state index contributed by atoms with van der Waals surface area (Å²) in [5, 5.41) is 3.12. The van der Waals surface area contributed by atoms with Crippen molar-refractivity contribution in [3.8, 4) is 11.1 Å². The minimum Gasteiger partial charge on any atom is -0.326 e. The Bertz CT molecular complexity index is 1370. The monoisotopic (exact) mass is 403 g/mol. The lowest BCUT2D eigenvalue weighted by Gasteiger charge is -2.11. The van der Waals surface area contributed by atoms with E-state index in [9.17, 15) is 18.4 Å². The maximum absolute atomic E-state index is 14.8. The zero-order valence-corrected chi connectivity index (χ0v) is 15.7. The maximum atomic E-state index is 14.8. The predicted molar refractivity (Wildman–Crippen MR) is 109 cm³/mol. The molecular formula is C23H15F2N3O2. The van der Waals surface area contributed by atoms with Crippen molar-refractivity contribution < 1.29 is 13.6 Å². The number of hydrogen-bond acceptors (Lipinski definition) is 3. The summed E-state index contributed by atoms with van der Waals surface area (Å²) in [6.45, 7) is -0.267. The van der Waals surface area contributed by atoms with Crippen LogP contribution in [0.1, 0.15) is 11.1 Å². The number of benzene rings is 3. The SMILES string of the molecule is O=C1Cc2cc(-c3cc(F)c(Cn4cnc5ccccc5c4=O)c(F)c3)ccc2N1. The van der Waals surface area contributed by atoms with Crippen LogP contribution in [0.2, 0.25) is 0 Å². The van der Waals surface area contributed by atoms with Gasteiger partial charge in [-0.1, -0.05) is 18.2 Å². The Hall–Kier alpha value is -3.87. The predicted octanol–water partition coefficient (Wildman–Crippen LogP) is 3.88. The summed E-state index contributed by atoms with van der Waals surface area (Å²) < 4.78 is 30.8. The molecule has 1 aromatic heterocycles. The standard InChI is InChI=1S/C23H15F2N3O2/c24-18-8-14(13-5-6-20-15(7-13)10-22(29)27-20)9-19(25)17(18)11-28-12-26-21-4-2-1-3-16(21)23(28)30/h1-9,12H,10-11H2,(H,27,29). The molecule has 1 amide bonds. The molecule has 0 saturated carbocycles. The first kappa shape index (κ1) is 18.2. The topological polar surface area (TPSA) is 64.0 Å². The van der Waals surface area contributed by atoms with Gasteiger partial charge in [0.2, 0.25) is 5.91 Å². The molecule has 0 radical (unpaired) electrons. The number of nitrogens with zero attached hydrogens (tertiary/aromatic N) is 2. The molecule has 30 heavy (non-hydrogen) atoms. The first-order chi connectivity index (χ1) is 14.5. The normalized spacial score (nSPS) is 12.8. The van der Waals surface area contributed by atoms with Crippen LogP contribution in [0.4, 0.5) is 14.5 Å². The van der Waals surface area contributed by atoms with Gasteiger partial charge < -0.3 is 5.32 Å². The lowest BCUT2D eigenvalue weighted by atomic mass is 9.99. The van der Waals surface area contributed by atoms with Gasteiger partial charge >= 0.3 is 0 Å². The van der Waals surface area contributed by atoms with E-state index < -0.39 is 11.6 Å². The summed E-state index contributed by atoms with van der Waals surface area (Å²) in [6.07, 6.45) is 1.53. The van der Waals surface area contributed by atoms with E-state index in [2.05, 4.69) is 10.3 Å². The van der Waals surface area contributed by atoms with Gasteiger partial charge in [-0.05, 0) is 53.1 Å².